The molecule has 1 aliphatic rings. The zero-order valence-electron chi connectivity index (χ0n) is 8.40. The van der Waals surface area contributed by atoms with Crippen molar-refractivity contribution in [3.8, 4) is 0 Å². The zero-order chi connectivity index (χ0) is 9.26. The van der Waals surface area contributed by atoms with Gasteiger partial charge in [-0.15, -0.1) is 0 Å². The van der Waals surface area contributed by atoms with Crippen LogP contribution < -0.4 is 0 Å². The molecule has 0 aromatic carbocycles. The highest BCUT2D eigenvalue weighted by atomic mass is 15.3. The first-order valence-corrected chi connectivity index (χ1v) is 5.04. The van der Waals surface area contributed by atoms with E-state index in [0.29, 0.717) is 6.04 Å². The number of aromatic nitrogens is 2. The summed E-state index contributed by atoms with van der Waals surface area (Å²) in [6.45, 7) is 4.31. The summed E-state index contributed by atoms with van der Waals surface area (Å²) >= 11 is 0. The van der Waals surface area contributed by atoms with Crippen molar-refractivity contribution in [1.29, 1.82) is 0 Å². The van der Waals surface area contributed by atoms with Crippen LogP contribution in [0.15, 0.2) is 12.4 Å². The molecule has 0 amide bonds. The summed E-state index contributed by atoms with van der Waals surface area (Å²) < 4.78 is 2.00. The molecule has 2 rings (SSSR count). The van der Waals surface area contributed by atoms with E-state index in [9.17, 15) is 0 Å². The molecule has 72 valence electrons. The molecule has 1 aromatic rings. The summed E-state index contributed by atoms with van der Waals surface area (Å²) in [4.78, 5) is 2.41. The van der Waals surface area contributed by atoms with E-state index >= 15 is 0 Å². The predicted octanol–water partition coefficient (Wildman–Crippen LogP) is 1.67. The molecule has 0 spiro atoms. The summed E-state index contributed by atoms with van der Waals surface area (Å²) in [5.41, 5.74) is 1.38. The molecule has 3 heteroatoms. The highest BCUT2D eigenvalue weighted by Crippen LogP contribution is 2.29. The Hall–Kier alpha value is -0.830. The number of aryl methyl sites for hydroxylation is 1. The van der Waals surface area contributed by atoms with Gasteiger partial charge in [0.15, 0.2) is 0 Å². The summed E-state index contributed by atoms with van der Waals surface area (Å²) in [6, 6.07) is 0.611. The number of nitrogens with zero attached hydrogens (tertiary/aromatic N) is 3. The Balaban J connectivity index is 2.15. The molecule has 1 aliphatic heterocycles. The van der Waals surface area contributed by atoms with Gasteiger partial charge in [0.05, 0.1) is 6.20 Å². The smallest absolute Gasteiger partial charge is 0.0537 e. The van der Waals surface area contributed by atoms with Crippen LogP contribution in [0.2, 0.25) is 0 Å². The van der Waals surface area contributed by atoms with Gasteiger partial charge in [0.1, 0.15) is 0 Å². The van der Waals surface area contributed by atoms with Crippen molar-refractivity contribution in [3.05, 3.63) is 18.0 Å². The minimum Gasteiger partial charge on any atom is -0.299 e. The molecule has 0 aliphatic carbocycles. The Labute approximate surface area is 79.3 Å². The third-order valence-electron chi connectivity index (χ3n) is 2.88. The van der Waals surface area contributed by atoms with Crippen LogP contribution in [0, 0.1) is 0 Å². The molecule has 0 saturated carbocycles. The van der Waals surface area contributed by atoms with Gasteiger partial charge < -0.3 is 0 Å². The van der Waals surface area contributed by atoms with Crippen molar-refractivity contribution in [1.82, 2.24) is 14.7 Å². The van der Waals surface area contributed by atoms with E-state index in [1.807, 2.05) is 10.9 Å². The predicted molar refractivity (Wildman–Crippen MR) is 52.5 cm³/mol. The molecule has 1 saturated heterocycles. The van der Waals surface area contributed by atoms with Gasteiger partial charge in [-0.3, -0.25) is 9.58 Å². The second kappa shape index (κ2) is 3.50. The van der Waals surface area contributed by atoms with Gasteiger partial charge in [-0.25, -0.2) is 0 Å². The molecule has 13 heavy (non-hydrogen) atoms. The maximum absolute atomic E-state index is 4.30. The van der Waals surface area contributed by atoms with Crippen molar-refractivity contribution < 1.29 is 0 Å². The maximum Gasteiger partial charge on any atom is 0.0537 e. The molecular formula is C10H17N3. The van der Waals surface area contributed by atoms with Crippen LogP contribution in [0.1, 0.15) is 31.4 Å². The molecular weight excluding hydrogens is 162 g/mol. The zero-order valence-corrected chi connectivity index (χ0v) is 8.40. The van der Waals surface area contributed by atoms with Gasteiger partial charge in [0.25, 0.3) is 0 Å². The monoisotopic (exact) mass is 179 g/mol. The quantitative estimate of drug-likeness (QED) is 0.688. The fourth-order valence-corrected chi connectivity index (χ4v) is 2.06. The summed E-state index contributed by atoms with van der Waals surface area (Å²) in [5.74, 6) is 0. The van der Waals surface area contributed by atoms with Crippen molar-refractivity contribution in [2.24, 2.45) is 0 Å². The van der Waals surface area contributed by atoms with E-state index in [1.54, 1.807) is 0 Å². The minimum absolute atomic E-state index is 0.611. The Morgan fingerprint density at radius 2 is 2.46 bits per heavy atom. The molecule has 2 heterocycles. The van der Waals surface area contributed by atoms with Crippen molar-refractivity contribution in [2.45, 2.75) is 32.4 Å². The van der Waals surface area contributed by atoms with Crippen LogP contribution in [0.3, 0.4) is 0 Å². The van der Waals surface area contributed by atoms with Crippen LogP contribution in [0.4, 0.5) is 0 Å². The van der Waals surface area contributed by atoms with Gasteiger partial charge in [-0.1, -0.05) is 0 Å². The topological polar surface area (TPSA) is 21.1 Å². The Morgan fingerprint density at radius 3 is 3.00 bits per heavy atom. The summed E-state index contributed by atoms with van der Waals surface area (Å²) in [7, 11) is 2.20. The van der Waals surface area contributed by atoms with E-state index in [-0.39, 0.29) is 0 Å². The van der Waals surface area contributed by atoms with Gasteiger partial charge in [-0.05, 0) is 33.4 Å². The maximum atomic E-state index is 4.30. The van der Waals surface area contributed by atoms with E-state index < -0.39 is 0 Å². The average molecular weight is 179 g/mol. The Morgan fingerprint density at radius 1 is 1.62 bits per heavy atom. The third kappa shape index (κ3) is 1.61. The van der Waals surface area contributed by atoms with E-state index in [1.165, 1.54) is 24.9 Å². The summed E-state index contributed by atoms with van der Waals surface area (Å²) in [6.07, 6.45) is 6.78. The number of hydrogen-bond donors (Lipinski definition) is 0. The van der Waals surface area contributed by atoms with Crippen LogP contribution in [-0.4, -0.2) is 28.3 Å². The first-order chi connectivity index (χ1) is 6.31. The van der Waals surface area contributed by atoms with Crippen LogP contribution >= 0.6 is 0 Å². The van der Waals surface area contributed by atoms with Gasteiger partial charge >= 0.3 is 0 Å². The van der Waals surface area contributed by atoms with Gasteiger partial charge in [0, 0.05) is 24.3 Å². The molecule has 0 radical (unpaired) electrons. The second-order valence-electron chi connectivity index (χ2n) is 3.77. The molecule has 1 aromatic heterocycles. The molecule has 0 bridgehead atoms. The molecule has 3 nitrogen and oxygen atoms in total. The second-order valence-corrected chi connectivity index (χ2v) is 3.77. The third-order valence-corrected chi connectivity index (χ3v) is 2.88. The van der Waals surface area contributed by atoms with E-state index in [4.69, 9.17) is 0 Å². The Kier molecular flexibility index (Phi) is 2.36. The fraction of sp³-hybridized carbons (Fsp3) is 0.700. The number of rotatable bonds is 2. The van der Waals surface area contributed by atoms with Gasteiger partial charge in [0.2, 0.25) is 0 Å². The summed E-state index contributed by atoms with van der Waals surface area (Å²) in [5, 5.41) is 4.30. The highest BCUT2D eigenvalue weighted by Gasteiger charge is 2.23. The van der Waals surface area contributed by atoms with Crippen LogP contribution in [0.25, 0.3) is 0 Å². The largest absolute Gasteiger partial charge is 0.299 e. The number of likely N-dealkylation sites (tertiary alicyclic amines) is 1. The highest BCUT2D eigenvalue weighted by molar-refractivity contribution is 5.11. The lowest BCUT2D eigenvalue weighted by Crippen LogP contribution is -2.16. The normalized spacial score (nSPS) is 24.0. The minimum atomic E-state index is 0.611. The molecule has 0 N–H and O–H groups in total. The lowest BCUT2D eigenvalue weighted by molar-refractivity contribution is 0.317. The standard InChI is InChI=1S/C10H17N3/c1-3-13-8-9(7-11-13)10-5-4-6-12(10)2/h7-8,10H,3-6H2,1-2H3/t10-/m1/s1. The number of hydrogen-bond acceptors (Lipinski definition) is 2. The van der Waals surface area contributed by atoms with Crippen molar-refractivity contribution >= 4 is 0 Å². The fourth-order valence-electron chi connectivity index (χ4n) is 2.06. The molecule has 0 unspecified atom stereocenters. The molecule has 1 atom stereocenters. The lowest BCUT2D eigenvalue weighted by atomic mass is 10.1. The van der Waals surface area contributed by atoms with E-state index in [0.717, 1.165) is 6.54 Å². The molecule has 1 fully saturated rings. The van der Waals surface area contributed by atoms with E-state index in [2.05, 4.69) is 30.2 Å². The van der Waals surface area contributed by atoms with Crippen molar-refractivity contribution in [2.75, 3.05) is 13.6 Å². The lowest BCUT2D eigenvalue weighted by Gasteiger charge is -2.17. The first kappa shape index (κ1) is 8.75. The SMILES string of the molecule is CCn1cc([C@H]2CCCN2C)cn1. The Bertz CT molecular complexity index is 279. The average Bonchev–Trinajstić information content (AvgIpc) is 2.71. The van der Waals surface area contributed by atoms with Gasteiger partial charge in [-0.2, -0.15) is 5.10 Å². The van der Waals surface area contributed by atoms with Crippen LogP contribution in [-0.2, 0) is 6.54 Å². The van der Waals surface area contributed by atoms with Crippen molar-refractivity contribution in [3.63, 3.8) is 0 Å². The first-order valence-electron chi connectivity index (χ1n) is 5.04. The van der Waals surface area contributed by atoms with Crippen LogP contribution in [0.5, 0.6) is 0 Å².